The Morgan fingerprint density at radius 3 is 2.46 bits per heavy atom. The van der Waals surface area contributed by atoms with Gasteiger partial charge in [0.15, 0.2) is 0 Å². The summed E-state index contributed by atoms with van der Waals surface area (Å²) < 4.78 is 0. The van der Waals surface area contributed by atoms with Crippen LogP contribution in [0, 0.1) is 6.92 Å². The van der Waals surface area contributed by atoms with Gasteiger partial charge in [-0.1, -0.05) is 60.8 Å². The van der Waals surface area contributed by atoms with Gasteiger partial charge in [-0.2, -0.15) is 0 Å². The maximum atomic E-state index is 4.43. The largest absolute Gasteiger partial charge is 0.355 e. The smallest absolute Gasteiger partial charge is 0.0476 e. The Hall–Kier alpha value is -1.84. The molecular formula is C21H23NS2. The Morgan fingerprint density at radius 2 is 1.83 bits per heavy atom. The van der Waals surface area contributed by atoms with Crippen molar-refractivity contribution in [3.05, 3.63) is 89.0 Å². The van der Waals surface area contributed by atoms with Crippen LogP contribution >= 0.6 is 24.4 Å². The van der Waals surface area contributed by atoms with Gasteiger partial charge in [0.2, 0.25) is 0 Å². The topological polar surface area (TPSA) is 12.0 Å². The van der Waals surface area contributed by atoms with Crippen LogP contribution in [0.25, 0.3) is 4.91 Å². The summed E-state index contributed by atoms with van der Waals surface area (Å²) in [4.78, 5) is 3.11. The maximum Gasteiger partial charge on any atom is 0.0476 e. The second kappa shape index (κ2) is 8.86. The molecule has 0 atom stereocenters. The number of rotatable bonds is 6. The first kappa shape index (κ1) is 18.5. The summed E-state index contributed by atoms with van der Waals surface area (Å²) >= 11 is 6.10. The van der Waals surface area contributed by atoms with E-state index in [4.69, 9.17) is 0 Å². The van der Waals surface area contributed by atoms with Crippen molar-refractivity contribution >= 4 is 35.0 Å². The summed E-state index contributed by atoms with van der Waals surface area (Å²) in [6, 6.07) is 16.4. The van der Waals surface area contributed by atoms with Gasteiger partial charge in [-0.3, -0.25) is 0 Å². The minimum atomic E-state index is 0.961. The van der Waals surface area contributed by atoms with Crippen LogP contribution in [0.1, 0.15) is 25.0 Å². The van der Waals surface area contributed by atoms with Crippen molar-refractivity contribution in [3.63, 3.8) is 0 Å². The minimum absolute atomic E-state index is 0.961. The molecule has 2 aromatic rings. The summed E-state index contributed by atoms with van der Waals surface area (Å²) in [7, 11) is 0. The second-order valence-electron chi connectivity index (χ2n) is 5.37. The fraction of sp³-hybridized carbons (Fsp3) is 0.143. The van der Waals surface area contributed by atoms with Crippen LogP contribution in [-0.4, -0.2) is 0 Å². The third-order valence-electron chi connectivity index (χ3n) is 3.63. The molecule has 124 valence electrons. The highest BCUT2D eigenvalue weighted by Gasteiger charge is 2.09. The highest BCUT2D eigenvalue weighted by atomic mass is 32.2. The number of thioether (sulfide) groups is 1. The highest BCUT2D eigenvalue weighted by Crippen LogP contribution is 2.37. The van der Waals surface area contributed by atoms with Crippen molar-refractivity contribution in [2.75, 3.05) is 5.32 Å². The van der Waals surface area contributed by atoms with E-state index in [1.54, 1.807) is 11.8 Å². The Kier molecular flexibility index (Phi) is 6.83. The summed E-state index contributed by atoms with van der Waals surface area (Å²) in [5.41, 5.74) is 4.49. The lowest BCUT2D eigenvalue weighted by atomic mass is 10.2. The molecule has 0 heterocycles. The molecular weight excluding hydrogens is 330 g/mol. The van der Waals surface area contributed by atoms with Gasteiger partial charge in [-0.05, 0) is 50.1 Å². The Morgan fingerprint density at radius 1 is 1.08 bits per heavy atom. The van der Waals surface area contributed by atoms with Gasteiger partial charge in [0.1, 0.15) is 0 Å². The maximum absolute atomic E-state index is 4.43. The molecule has 0 amide bonds. The van der Waals surface area contributed by atoms with E-state index in [9.17, 15) is 0 Å². The van der Waals surface area contributed by atoms with Crippen LogP contribution in [0.2, 0.25) is 0 Å². The van der Waals surface area contributed by atoms with E-state index in [0.717, 1.165) is 26.7 Å². The van der Waals surface area contributed by atoms with E-state index in [0.29, 0.717) is 0 Å². The van der Waals surface area contributed by atoms with Gasteiger partial charge in [0, 0.05) is 26.1 Å². The van der Waals surface area contributed by atoms with Gasteiger partial charge >= 0.3 is 0 Å². The average Bonchev–Trinajstić information content (AvgIpc) is 2.58. The zero-order valence-electron chi connectivity index (χ0n) is 14.3. The van der Waals surface area contributed by atoms with Crippen molar-refractivity contribution < 1.29 is 0 Å². The minimum Gasteiger partial charge on any atom is -0.355 e. The number of para-hydroxylation sites is 1. The van der Waals surface area contributed by atoms with Gasteiger partial charge in [-0.25, -0.2) is 0 Å². The SMILES string of the molecule is C=C(S/C(=C\C)c1cccc(S)c1)/C(=C/C)Nc1ccccc1C. The predicted octanol–water partition coefficient (Wildman–Crippen LogP) is 6.91. The number of hydrogen-bond acceptors (Lipinski definition) is 3. The van der Waals surface area contributed by atoms with Gasteiger partial charge in [0.25, 0.3) is 0 Å². The first-order valence-corrected chi connectivity index (χ1v) is 9.13. The van der Waals surface area contributed by atoms with E-state index >= 15 is 0 Å². The lowest BCUT2D eigenvalue weighted by molar-refractivity contribution is 1.38. The quantitative estimate of drug-likeness (QED) is 0.432. The lowest BCUT2D eigenvalue weighted by Gasteiger charge is -2.16. The van der Waals surface area contributed by atoms with Crippen molar-refractivity contribution in [1.82, 2.24) is 0 Å². The number of allylic oxidation sites excluding steroid dienone is 2. The first-order chi connectivity index (χ1) is 11.5. The lowest BCUT2D eigenvalue weighted by Crippen LogP contribution is -2.01. The molecule has 0 unspecified atom stereocenters. The zero-order chi connectivity index (χ0) is 17.5. The van der Waals surface area contributed by atoms with Crippen molar-refractivity contribution in [1.29, 1.82) is 0 Å². The molecule has 0 spiro atoms. The molecule has 0 saturated heterocycles. The zero-order valence-corrected chi connectivity index (χ0v) is 16.0. The molecule has 0 saturated carbocycles. The molecule has 24 heavy (non-hydrogen) atoms. The third-order valence-corrected chi connectivity index (χ3v) is 5.07. The van der Waals surface area contributed by atoms with Crippen molar-refractivity contribution in [3.8, 4) is 0 Å². The molecule has 1 N–H and O–H groups in total. The van der Waals surface area contributed by atoms with Crippen LogP contribution in [0.4, 0.5) is 5.69 Å². The normalized spacial score (nSPS) is 12.2. The summed E-state index contributed by atoms with van der Waals surface area (Å²) in [6.07, 6.45) is 4.17. The molecule has 0 radical (unpaired) electrons. The molecule has 0 bridgehead atoms. The van der Waals surface area contributed by atoms with Crippen LogP contribution in [0.15, 0.2) is 82.8 Å². The van der Waals surface area contributed by atoms with E-state index < -0.39 is 0 Å². The van der Waals surface area contributed by atoms with Crippen molar-refractivity contribution in [2.45, 2.75) is 25.7 Å². The monoisotopic (exact) mass is 353 g/mol. The molecule has 0 aliphatic rings. The number of nitrogens with one attached hydrogen (secondary N) is 1. The second-order valence-corrected chi connectivity index (χ2v) is 7.02. The van der Waals surface area contributed by atoms with E-state index in [2.05, 4.69) is 67.9 Å². The molecule has 3 heteroatoms. The van der Waals surface area contributed by atoms with Crippen LogP contribution in [0.5, 0.6) is 0 Å². The van der Waals surface area contributed by atoms with E-state index in [-0.39, 0.29) is 0 Å². The number of benzene rings is 2. The number of aryl methyl sites for hydroxylation is 1. The summed E-state index contributed by atoms with van der Waals surface area (Å²) in [5, 5.41) is 3.49. The molecule has 0 aliphatic carbocycles. The summed E-state index contributed by atoms with van der Waals surface area (Å²) in [6.45, 7) is 10.4. The summed E-state index contributed by atoms with van der Waals surface area (Å²) in [5.74, 6) is 0. The van der Waals surface area contributed by atoms with Crippen molar-refractivity contribution in [2.24, 2.45) is 0 Å². The number of anilines is 1. The van der Waals surface area contributed by atoms with E-state index in [1.165, 1.54) is 10.5 Å². The number of hydrogen-bond donors (Lipinski definition) is 2. The fourth-order valence-corrected chi connectivity index (χ4v) is 3.42. The Balaban J connectivity index is 2.16. The third kappa shape index (κ3) is 4.83. The standard InChI is InChI=1S/C21H23NS2/c1-5-19(22-20-13-8-7-10-15(20)3)16(4)24-21(6-2)17-11-9-12-18(23)14-17/h5-14,22-23H,4H2,1-3H3/b19-5-,21-6-. The fourth-order valence-electron chi connectivity index (χ4n) is 2.29. The molecule has 2 aromatic carbocycles. The van der Waals surface area contributed by atoms with Crippen LogP contribution in [-0.2, 0) is 0 Å². The molecule has 2 rings (SSSR count). The molecule has 0 aromatic heterocycles. The van der Waals surface area contributed by atoms with Gasteiger partial charge in [-0.15, -0.1) is 12.6 Å². The predicted molar refractivity (Wildman–Crippen MR) is 113 cm³/mol. The van der Waals surface area contributed by atoms with E-state index in [1.807, 2.05) is 38.1 Å². The first-order valence-electron chi connectivity index (χ1n) is 7.87. The molecule has 0 aliphatic heterocycles. The molecule has 0 fully saturated rings. The van der Waals surface area contributed by atoms with Gasteiger partial charge < -0.3 is 5.32 Å². The Labute approximate surface area is 155 Å². The number of thiol groups is 1. The highest BCUT2D eigenvalue weighted by molar-refractivity contribution is 8.12. The van der Waals surface area contributed by atoms with Crippen LogP contribution < -0.4 is 5.32 Å². The van der Waals surface area contributed by atoms with Gasteiger partial charge in [0.05, 0.1) is 0 Å². The van der Waals surface area contributed by atoms with Crippen LogP contribution in [0.3, 0.4) is 0 Å². The molecule has 1 nitrogen and oxygen atoms in total. The average molecular weight is 354 g/mol. The Bertz CT molecular complexity index is 788.